The van der Waals surface area contributed by atoms with Gasteiger partial charge in [0.05, 0.1) is 70.9 Å². The number of esters is 8. The number of ether oxygens (including phenoxy) is 15. The van der Waals surface area contributed by atoms with Gasteiger partial charge in [0, 0.05) is 24.2 Å². The van der Waals surface area contributed by atoms with Gasteiger partial charge in [-0.15, -0.1) is 0 Å². The van der Waals surface area contributed by atoms with Crippen molar-refractivity contribution in [3.8, 4) is 28.7 Å². The summed E-state index contributed by atoms with van der Waals surface area (Å²) in [7, 11) is 4.11. The molecule has 2 aliphatic rings. The number of aryl methyl sites for hydroxylation is 1. The maximum absolute atomic E-state index is 15.2. The molecule has 27 heteroatoms. The number of anilines is 1. The molecule has 0 spiro atoms. The number of aromatic nitrogens is 1. The van der Waals surface area contributed by atoms with E-state index in [1.54, 1.807) is 146 Å². The summed E-state index contributed by atoms with van der Waals surface area (Å²) in [5.41, 5.74) is 0.452. The number of hydrogen-bond donors (Lipinski definition) is 1. The number of nitrogens with zero attached hydrogens (tertiary/aromatic N) is 1. The van der Waals surface area contributed by atoms with Crippen LogP contribution in [0.25, 0.3) is 17.0 Å². The Morgan fingerprint density at radius 3 is 1.07 bits per heavy atom. The third-order valence-corrected chi connectivity index (χ3v) is 20.2. The number of fused-ring (bicyclic) bond motifs is 1. The molecule has 11 aromatic rings. The molecule has 1 aromatic heterocycles. The predicted molar refractivity (Wildman–Crippen MR) is 451 cm³/mol. The van der Waals surface area contributed by atoms with Crippen molar-refractivity contribution in [1.82, 2.24) is 4.57 Å². The topological polar surface area (TPSA) is 326 Å². The minimum absolute atomic E-state index is 0.0186. The summed E-state index contributed by atoms with van der Waals surface area (Å²) >= 11 is 0. The number of methoxy groups -OCH3 is 2. The fourth-order valence-electron chi connectivity index (χ4n) is 13.8. The number of benzene rings is 10. The molecular weight excluding hydrogens is 1590 g/mol. The molecule has 10 aromatic carbocycles. The number of carbonyl (C=O) groups is 9. The van der Waals surface area contributed by atoms with E-state index < -0.39 is 134 Å². The van der Waals surface area contributed by atoms with Crippen LogP contribution in [0.5, 0.6) is 28.7 Å². The third-order valence-electron chi connectivity index (χ3n) is 20.2. The standard InChI is InChI=1S/C97H88N2O25/c1-5-6-7-8-9-34-55-112-84-78(123-96-85(121-94(108)68-47-30-16-31-48-68)82(119-92(106)66-43-26-14-27-44-66)80(117-90(104)64-39-22-12-23-40-64)75(115-96)59-113-88(102)62-35-18-10-19-36-62)71-53-52-70(58-72(71)99(2)87(84)101)98-77(100)54-51-61-56-73(110-3)79(74(57-61)111-4)124-97-86(122-95(109)69-49-32-17-33-50-69)83(120-93(107)67-45-28-15-29-46-67)81(118-91(105)65-41-24-13-25-42-65)76(116-97)60-114-89(103)63-37-20-11-21-38-63/h10-33,35-54,56-58,75-76,80-83,85-86,96-97H,5-9,34,55,59-60H2,1-4H3,(H,98,100)/t75-,76-,80-,81-,82+,83+,85+,86+,96-,97-/m1/s1. The van der Waals surface area contributed by atoms with E-state index in [1.165, 1.54) is 165 Å². The largest absolute Gasteiger partial charge is 0.493 e. The molecule has 1 amide bonds. The van der Waals surface area contributed by atoms with Gasteiger partial charge >= 0.3 is 47.8 Å². The number of unbranched alkanes of at least 4 members (excludes halogenated alkanes) is 5. The van der Waals surface area contributed by atoms with E-state index in [-0.39, 0.29) is 102 Å². The summed E-state index contributed by atoms with van der Waals surface area (Å²) in [4.78, 5) is 144. The Hall–Kier alpha value is -14.7. The lowest BCUT2D eigenvalue weighted by Gasteiger charge is -2.44. The van der Waals surface area contributed by atoms with Crippen molar-refractivity contribution in [2.45, 2.75) is 107 Å². The lowest BCUT2D eigenvalue weighted by molar-refractivity contribution is -0.275. The highest BCUT2D eigenvalue weighted by Gasteiger charge is 2.57. The summed E-state index contributed by atoms with van der Waals surface area (Å²) < 4.78 is 96.5. The Bertz CT molecular complexity index is 5590. The minimum atomic E-state index is -1.95. The maximum atomic E-state index is 15.2. The quantitative estimate of drug-likeness (QED) is 0.0167. The van der Waals surface area contributed by atoms with Gasteiger partial charge in [-0.1, -0.05) is 185 Å². The van der Waals surface area contributed by atoms with Crippen molar-refractivity contribution in [1.29, 1.82) is 0 Å². The zero-order chi connectivity index (χ0) is 86.9. The molecule has 124 heavy (non-hydrogen) atoms. The highest BCUT2D eigenvalue weighted by molar-refractivity contribution is 6.04. The van der Waals surface area contributed by atoms with Crippen LogP contribution < -0.4 is 34.6 Å². The Balaban J connectivity index is 0.843. The van der Waals surface area contributed by atoms with Gasteiger partial charge in [0.2, 0.25) is 42.2 Å². The summed E-state index contributed by atoms with van der Waals surface area (Å²) in [6, 6.07) is 70.6. The number of rotatable bonds is 35. The van der Waals surface area contributed by atoms with Crippen LogP contribution in [0.3, 0.4) is 0 Å². The van der Waals surface area contributed by atoms with Gasteiger partial charge in [0.25, 0.3) is 5.56 Å². The number of amides is 1. The number of carbonyl (C=O) groups excluding carboxylic acids is 9. The van der Waals surface area contributed by atoms with Gasteiger partial charge in [-0.3, -0.25) is 9.59 Å². The lowest BCUT2D eigenvalue weighted by Crippen LogP contribution is -2.64. The number of nitrogens with one attached hydrogen (secondary N) is 1. The van der Waals surface area contributed by atoms with Gasteiger partial charge in [-0.05, 0) is 145 Å². The second-order valence-corrected chi connectivity index (χ2v) is 28.6. The number of hydrogen-bond acceptors (Lipinski definition) is 25. The highest BCUT2D eigenvalue weighted by atomic mass is 16.8. The first kappa shape index (κ1) is 87.1. The number of pyridine rings is 1. The van der Waals surface area contributed by atoms with Crippen molar-refractivity contribution in [2.24, 2.45) is 7.05 Å². The minimum Gasteiger partial charge on any atom is -0.493 e. The van der Waals surface area contributed by atoms with Crippen LogP contribution in [-0.4, -0.2) is 154 Å². The zero-order valence-corrected chi connectivity index (χ0v) is 67.9. The predicted octanol–water partition coefficient (Wildman–Crippen LogP) is 15.2. The van der Waals surface area contributed by atoms with Crippen LogP contribution in [0, 0.1) is 0 Å². The molecule has 3 heterocycles. The van der Waals surface area contributed by atoms with E-state index in [0.717, 1.165) is 32.1 Å². The van der Waals surface area contributed by atoms with E-state index in [2.05, 4.69) is 12.2 Å². The van der Waals surface area contributed by atoms with Crippen molar-refractivity contribution in [3.05, 3.63) is 339 Å². The normalized spacial score (nSPS) is 18.4. The second kappa shape index (κ2) is 42.5. The monoisotopic (exact) mass is 1680 g/mol. The smallest absolute Gasteiger partial charge is 0.338 e. The molecule has 10 atom stereocenters. The summed E-state index contributed by atoms with van der Waals surface area (Å²) in [6.45, 7) is 0.762. The van der Waals surface area contributed by atoms with E-state index in [9.17, 15) is 43.2 Å². The van der Waals surface area contributed by atoms with Crippen LogP contribution in [-0.2, 0) is 59.2 Å². The SMILES string of the molecule is CCCCCCCCOc1c(O[C@H]2O[C@H](COC(=O)c3ccccc3)[C@@H](OC(=O)c3ccccc3)[C@H](OC(=O)c3ccccc3)[C@@H]2OC(=O)c2ccccc2)c2ccc(NC(=O)C=Cc3cc(OC)c(O[C@H]4O[C@H](COC(=O)c5ccccc5)[C@@H](OC(=O)c5ccccc5)[C@H](OC(=O)c5ccccc5)[C@@H]4OC(=O)c4ccccc4)c(OC)c3)cc2n(C)c1=O. The highest BCUT2D eigenvalue weighted by Crippen LogP contribution is 2.44. The van der Waals surface area contributed by atoms with Gasteiger partial charge in [0.15, 0.2) is 41.7 Å². The van der Waals surface area contributed by atoms with Crippen molar-refractivity contribution >= 4 is 76.3 Å². The zero-order valence-electron chi connectivity index (χ0n) is 67.9. The average Bonchev–Trinajstić information content (AvgIpc) is 0.751. The Kier molecular flexibility index (Phi) is 29.9. The Morgan fingerprint density at radius 1 is 0.379 bits per heavy atom. The molecule has 0 unspecified atom stereocenters. The first-order valence-corrected chi connectivity index (χ1v) is 40.1. The molecule has 2 aliphatic heterocycles. The first-order chi connectivity index (χ1) is 60.4. The van der Waals surface area contributed by atoms with E-state index >= 15 is 4.79 Å². The van der Waals surface area contributed by atoms with Crippen LogP contribution in [0.15, 0.2) is 284 Å². The molecule has 0 bridgehead atoms. The average molecular weight is 1680 g/mol. The molecule has 13 rings (SSSR count). The molecule has 2 saturated heterocycles. The van der Waals surface area contributed by atoms with Crippen LogP contribution >= 0.6 is 0 Å². The Morgan fingerprint density at radius 2 is 0.710 bits per heavy atom. The van der Waals surface area contributed by atoms with Crippen molar-refractivity contribution in [2.75, 3.05) is 39.4 Å². The molecule has 636 valence electrons. The maximum Gasteiger partial charge on any atom is 0.338 e. The third kappa shape index (κ3) is 22.1. The van der Waals surface area contributed by atoms with Gasteiger partial charge < -0.3 is 80.9 Å². The molecule has 0 radical (unpaired) electrons. The first-order valence-electron chi connectivity index (χ1n) is 40.1. The molecule has 2 fully saturated rings. The van der Waals surface area contributed by atoms with Crippen LogP contribution in [0.2, 0.25) is 0 Å². The Labute approximate surface area is 713 Å². The molecule has 0 aliphatic carbocycles. The molecule has 1 N–H and O–H groups in total. The summed E-state index contributed by atoms with van der Waals surface area (Å²) in [6.07, 6.45) is -10.1. The second-order valence-electron chi connectivity index (χ2n) is 28.6. The molecular formula is C97H88N2O25. The fourth-order valence-corrected chi connectivity index (χ4v) is 13.8. The summed E-state index contributed by atoms with van der Waals surface area (Å²) in [5, 5.41) is 3.02. The van der Waals surface area contributed by atoms with E-state index in [0.29, 0.717) is 6.42 Å². The van der Waals surface area contributed by atoms with E-state index in [4.69, 9.17) is 71.1 Å². The fraction of sp³-hybridized carbons (Fsp3) is 0.237. The van der Waals surface area contributed by atoms with E-state index in [1.807, 2.05) is 0 Å². The van der Waals surface area contributed by atoms with Crippen LogP contribution in [0.4, 0.5) is 5.69 Å². The van der Waals surface area contributed by atoms with Gasteiger partial charge in [-0.25, -0.2) is 38.4 Å². The van der Waals surface area contributed by atoms with Gasteiger partial charge in [-0.2, -0.15) is 0 Å². The molecule has 0 saturated carbocycles. The summed E-state index contributed by atoms with van der Waals surface area (Å²) in [5.74, 6) is -8.90. The van der Waals surface area contributed by atoms with Crippen molar-refractivity contribution < 1.29 is 114 Å². The lowest BCUT2D eigenvalue weighted by atomic mass is 9.97. The molecule has 27 nitrogen and oxygen atoms in total. The van der Waals surface area contributed by atoms with Crippen LogP contribution in [0.1, 0.15) is 134 Å². The van der Waals surface area contributed by atoms with Gasteiger partial charge in [0.1, 0.15) is 25.4 Å². The van der Waals surface area contributed by atoms with Crippen molar-refractivity contribution in [3.63, 3.8) is 0 Å².